The van der Waals surface area contributed by atoms with Gasteiger partial charge in [0.05, 0.1) is 12.0 Å². The van der Waals surface area contributed by atoms with E-state index in [1.807, 2.05) is 11.8 Å². The molecule has 2 atom stereocenters. The molecule has 0 amide bonds. The van der Waals surface area contributed by atoms with Crippen LogP contribution in [0, 0.1) is 11.3 Å². The first kappa shape index (κ1) is 12.4. The lowest BCUT2D eigenvalue weighted by atomic mass is 9.83. The Bertz CT molecular complexity index is 168. The lowest BCUT2D eigenvalue weighted by Crippen LogP contribution is -2.27. The molecule has 0 aromatic heterocycles. The standard InChI is InChI=1S/C12H24OS/c1-5-6-10(2)11-7-12(3,4)8-14-9-13-11/h10-11H,5-9H2,1-4H3. The van der Waals surface area contributed by atoms with Gasteiger partial charge in [0.1, 0.15) is 0 Å². The second-order valence-electron chi connectivity index (χ2n) is 5.31. The van der Waals surface area contributed by atoms with Gasteiger partial charge >= 0.3 is 0 Å². The van der Waals surface area contributed by atoms with Crippen molar-refractivity contribution in [3.05, 3.63) is 0 Å². The van der Waals surface area contributed by atoms with E-state index in [4.69, 9.17) is 4.74 Å². The zero-order chi connectivity index (χ0) is 10.6. The molecule has 2 unspecified atom stereocenters. The SMILES string of the molecule is CCCC(C)C1CC(C)(C)CSCO1. The smallest absolute Gasteiger partial charge is 0.0925 e. The molecule has 1 aliphatic heterocycles. The summed E-state index contributed by atoms with van der Waals surface area (Å²) in [5, 5.41) is 0. The highest BCUT2D eigenvalue weighted by Crippen LogP contribution is 2.35. The molecular weight excluding hydrogens is 192 g/mol. The highest BCUT2D eigenvalue weighted by atomic mass is 32.2. The van der Waals surface area contributed by atoms with Gasteiger partial charge in [-0.15, -0.1) is 11.8 Å². The molecule has 1 nitrogen and oxygen atoms in total. The molecule has 0 aromatic rings. The average molecular weight is 216 g/mol. The van der Waals surface area contributed by atoms with Gasteiger partial charge < -0.3 is 4.74 Å². The zero-order valence-electron chi connectivity index (χ0n) is 10.0. The van der Waals surface area contributed by atoms with Gasteiger partial charge in [0.15, 0.2) is 0 Å². The van der Waals surface area contributed by atoms with Crippen molar-refractivity contribution in [3.8, 4) is 0 Å². The monoisotopic (exact) mass is 216 g/mol. The Kier molecular flexibility index (Phi) is 4.78. The van der Waals surface area contributed by atoms with E-state index in [0.717, 1.165) is 11.9 Å². The summed E-state index contributed by atoms with van der Waals surface area (Å²) in [6.45, 7) is 9.31. The first-order valence-corrected chi connectivity index (χ1v) is 6.90. The normalized spacial score (nSPS) is 29.6. The van der Waals surface area contributed by atoms with Crippen molar-refractivity contribution in [2.45, 2.75) is 53.1 Å². The minimum atomic E-state index is 0.452. The maximum atomic E-state index is 5.92. The van der Waals surface area contributed by atoms with Gasteiger partial charge in [-0.3, -0.25) is 0 Å². The summed E-state index contributed by atoms with van der Waals surface area (Å²) in [6, 6.07) is 0. The third-order valence-electron chi connectivity index (χ3n) is 2.99. The van der Waals surface area contributed by atoms with Crippen LogP contribution in [0.25, 0.3) is 0 Å². The molecule has 0 saturated carbocycles. The summed E-state index contributed by atoms with van der Waals surface area (Å²) in [4.78, 5) is 0. The Balaban J connectivity index is 2.50. The molecule has 1 fully saturated rings. The largest absolute Gasteiger partial charge is 0.367 e. The summed E-state index contributed by atoms with van der Waals surface area (Å²) >= 11 is 1.94. The molecule has 0 bridgehead atoms. The Labute approximate surface area is 93.0 Å². The first-order valence-electron chi connectivity index (χ1n) is 5.74. The van der Waals surface area contributed by atoms with E-state index in [1.54, 1.807) is 0 Å². The zero-order valence-corrected chi connectivity index (χ0v) is 10.8. The van der Waals surface area contributed by atoms with Gasteiger partial charge in [0.25, 0.3) is 0 Å². The van der Waals surface area contributed by atoms with Crippen LogP contribution in [-0.2, 0) is 4.74 Å². The second kappa shape index (κ2) is 5.41. The van der Waals surface area contributed by atoms with Crippen LogP contribution >= 0.6 is 11.8 Å². The summed E-state index contributed by atoms with van der Waals surface area (Å²) in [5.74, 6) is 2.85. The van der Waals surface area contributed by atoms with Crippen molar-refractivity contribution in [1.82, 2.24) is 0 Å². The third kappa shape index (κ3) is 3.82. The number of ether oxygens (including phenoxy) is 1. The van der Waals surface area contributed by atoms with Gasteiger partial charge in [0, 0.05) is 5.75 Å². The molecule has 2 heteroatoms. The van der Waals surface area contributed by atoms with Crippen molar-refractivity contribution in [2.75, 3.05) is 11.7 Å². The average Bonchev–Trinajstić information content (AvgIpc) is 2.27. The lowest BCUT2D eigenvalue weighted by molar-refractivity contribution is 0.0219. The Morgan fingerprint density at radius 1 is 1.50 bits per heavy atom. The fraction of sp³-hybridized carbons (Fsp3) is 1.00. The maximum Gasteiger partial charge on any atom is 0.0925 e. The van der Waals surface area contributed by atoms with Crippen LogP contribution in [0.5, 0.6) is 0 Å². The van der Waals surface area contributed by atoms with Crippen molar-refractivity contribution in [1.29, 1.82) is 0 Å². The highest BCUT2D eigenvalue weighted by Gasteiger charge is 2.29. The fourth-order valence-corrected chi connectivity index (χ4v) is 3.15. The van der Waals surface area contributed by atoms with Crippen molar-refractivity contribution in [3.63, 3.8) is 0 Å². The molecule has 84 valence electrons. The topological polar surface area (TPSA) is 9.23 Å². The summed E-state index contributed by atoms with van der Waals surface area (Å²) < 4.78 is 5.92. The van der Waals surface area contributed by atoms with Crippen LogP contribution in [0.15, 0.2) is 0 Å². The number of hydrogen-bond donors (Lipinski definition) is 0. The predicted molar refractivity (Wildman–Crippen MR) is 64.7 cm³/mol. The van der Waals surface area contributed by atoms with Crippen molar-refractivity contribution < 1.29 is 4.74 Å². The summed E-state index contributed by atoms with van der Waals surface area (Å²) in [7, 11) is 0. The number of rotatable bonds is 3. The van der Waals surface area contributed by atoms with E-state index in [2.05, 4.69) is 27.7 Å². The van der Waals surface area contributed by atoms with Crippen LogP contribution in [0.2, 0.25) is 0 Å². The van der Waals surface area contributed by atoms with Crippen LogP contribution in [0.1, 0.15) is 47.0 Å². The van der Waals surface area contributed by atoms with E-state index in [9.17, 15) is 0 Å². The molecule has 1 aliphatic rings. The number of hydrogen-bond acceptors (Lipinski definition) is 2. The quantitative estimate of drug-likeness (QED) is 0.707. The molecule has 0 aromatic carbocycles. The van der Waals surface area contributed by atoms with Gasteiger partial charge in [-0.2, -0.15) is 0 Å². The van der Waals surface area contributed by atoms with Crippen molar-refractivity contribution >= 4 is 11.8 Å². The minimum Gasteiger partial charge on any atom is -0.367 e. The maximum absolute atomic E-state index is 5.92. The van der Waals surface area contributed by atoms with E-state index >= 15 is 0 Å². The van der Waals surface area contributed by atoms with Crippen molar-refractivity contribution in [2.24, 2.45) is 11.3 Å². The van der Waals surface area contributed by atoms with Crippen LogP contribution in [-0.4, -0.2) is 17.8 Å². The van der Waals surface area contributed by atoms with E-state index < -0.39 is 0 Å². The molecule has 0 N–H and O–H groups in total. The van der Waals surface area contributed by atoms with E-state index in [0.29, 0.717) is 11.5 Å². The van der Waals surface area contributed by atoms with Crippen LogP contribution in [0.4, 0.5) is 0 Å². The second-order valence-corrected chi connectivity index (χ2v) is 6.24. The van der Waals surface area contributed by atoms with Crippen LogP contribution < -0.4 is 0 Å². The minimum absolute atomic E-state index is 0.452. The highest BCUT2D eigenvalue weighted by molar-refractivity contribution is 7.99. The van der Waals surface area contributed by atoms with E-state index in [1.165, 1.54) is 25.0 Å². The molecular formula is C12H24OS. The Morgan fingerprint density at radius 3 is 2.86 bits per heavy atom. The summed E-state index contributed by atoms with van der Waals surface area (Å²) in [6.07, 6.45) is 4.28. The molecule has 0 radical (unpaired) electrons. The Morgan fingerprint density at radius 2 is 2.21 bits per heavy atom. The predicted octanol–water partition coefficient (Wildman–Crippen LogP) is 3.93. The van der Waals surface area contributed by atoms with Crippen LogP contribution in [0.3, 0.4) is 0 Å². The lowest BCUT2D eigenvalue weighted by Gasteiger charge is -2.28. The molecule has 1 saturated heterocycles. The number of thioether (sulfide) groups is 1. The molecule has 0 spiro atoms. The van der Waals surface area contributed by atoms with Gasteiger partial charge in [-0.25, -0.2) is 0 Å². The summed E-state index contributed by atoms with van der Waals surface area (Å²) in [5.41, 5.74) is 0.452. The van der Waals surface area contributed by atoms with Gasteiger partial charge in [-0.1, -0.05) is 34.1 Å². The van der Waals surface area contributed by atoms with E-state index in [-0.39, 0.29) is 0 Å². The molecule has 0 aliphatic carbocycles. The fourth-order valence-electron chi connectivity index (χ4n) is 2.12. The Hall–Kier alpha value is 0.310. The third-order valence-corrected chi connectivity index (χ3v) is 4.28. The molecule has 1 rings (SSSR count). The molecule has 14 heavy (non-hydrogen) atoms. The molecule has 1 heterocycles. The first-order chi connectivity index (χ1) is 6.55. The van der Waals surface area contributed by atoms with Gasteiger partial charge in [-0.05, 0) is 24.2 Å². The van der Waals surface area contributed by atoms with Gasteiger partial charge in [0.2, 0.25) is 0 Å².